The molecule has 2 aromatic carbocycles. The molecule has 3 atom stereocenters. The topological polar surface area (TPSA) is 162 Å². The summed E-state index contributed by atoms with van der Waals surface area (Å²) < 4.78 is 31.2. The van der Waals surface area contributed by atoms with Crippen molar-refractivity contribution in [3.8, 4) is 0 Å². The van der Waals surface area contributed by atoms with Crippen molar-refractivity contribution >= 4 is 46.6 Å². The third kappa shape index (κ3) is 11.3. The second-order valence-corrected chi connectivity index (χ2v) is 21.5. The molecule has 6 aliphatic heterocycles. The Balaban J connectivity index is 0.691. The predicted octanol–water partition coefficient (Wildman–Crippen LogP) is 4.53. The van der Waals surface area contributed by atoms with Crippen molar-refractivity contribution in [2.75, 3.05) is 113 Å². The molecule has 0 saturated carbocycles. The number of nitrogens with zero attached hydrogens (tertiary/aromatic N) is 8. The molecule has 0 bridgehead atoms. The summed E-state index contributed by atoms with van der Waals surface area (Å²) in [5.74, 6) is 0.732. The van der Waals surface area contributed by atoms with Gasteiger partial charge in [0.2, 0.25) is 17.7 Å². The normalized spacial score (nSPS) is 24.0. The van der Waals surface area contributed by atoms with Crippen molar-refractivity contribution in [1.29, 1.82) is 0 Å². The number of rotatable bonds is 16. The third-order valence-electron chi connectivity index (χ3n) is 15.7. The standard InChI is InChI=1S/C51H70F2N12O4/c1-34-26-62(17-6-15-54-41-8-5-7-37-38(41)30-65(49(37)69)42-9-10-46(66)58-48(42)68)29-36(34)27-60(4)22-16-55-44-25-45(57-33-56-44)63-20-13-51(14-21-63)32-64(31-47(67)59-51)43-24-39(52)35(23-40(43)53)28-61-18-11-50(2,3)12-19-61/h5,7-8,23-25,33-34,36,42,54H,6,9-22,26-32H2,1-4H3,(H,59,67)(H,55,56,57)(H,58,66,68)/t34-,36+,42?/m1/s1. The fourth-order valence-corrected chi connectivity index (χ4v) is 11.4. The van der Waals surface area contributed by atoms with E-state index in [0.717, 1.165) is 101 Å². The van der Waals surface area contributed by atoms with Crippen LogP contribution in [-0.2, 0) is 27.5 Å². The number of hydrogen-bond acceptors (Lipinski definition) is 13. The van der Waals surface area contributed by atoms with Crippen molar-refractivity contribution in [3.05, 3.63) is 71.1 Å². The molecule has 18 heteroatoms. The first-order valence-electron chi connectivity index (χ1n) is 25.1. The molecule has 4 amide bonds. The number of carbonyl (C=O) groups excluding carboxylic acids is 4. The van der Waals surface area contributed by atoms with Crippen LogP contribution < -0.4 is 31.1 Å². The number of nitrogens with one attached hydrogen (secondary N) is 4. The van der Waals surface area contributed by atoms with Gasteiger partial charge in [-0.2, -0.15) is 0 Å². The minimum Gasteiger partial charge on any atom is -0.385 e. The van der Waals surface area contributed by atoms with Gasteiger partial charge in [0.25, 0.3) is 5.91 Å². The third-order valence-corrected chi connectivity index (χ3v) is 15.7. The zero-order valence-electron chi connectivity index (χ0n) is 40.8. The molecule has 5 fully saturated rings. The minimum atomic E-state index is -0.628. The molecule has 16 nitrogen and oxygen atoms in total. The highest BCUT2D eigenvalue weighted by Crippen LogP contribution is 2.36. The summed E-state index contributed by atoms with van der Waals surface area (Å²) in [6, 6.07) is 9.64. The van der Waals surface area contributed by atoms with Crippen LogP contribution in [0.4, 0.5) is 31.8 Å². The van der Waals surface area contributed by atoms with E-state index in [1.165, 1.54) is 12.1 Å². The fourth-order valence-electron chi connectivity index (χ4n) is 11.4. The molecule has 6 aliphatic rings. The van der Waals surface area contributed by atoms with E-state index < -0.39 is 29.1 Å². The number of fused-ring (bicyclic) bond motifs is 1. The molecule has 0 aliphatic carbocycles. The van der Waals surface area contributed by atoms with Gasteiger partial charge in [0.05, 0.1) is 17.8 Å². The number of carbonyl (C=O) groups is 4. The van der Waals surface area contributed by atoms with E-state index in [2.05, 4.69) is 78.7 Å². The molecule has 1 unspecified atom stereocenters. The number of piperazine rings is 1. The lowest BCUT2D eigenvalue weighted by molar-refractivity contribution is -0.137. The highest BCUT2D eigenvalue weighted by Gasteiger charge is 2.43. The SMILES string of the molecule is C[C@@H]1CN(CCCNc2cccc3c2CN(C2CCC(=O)NC2=O)C3=O)C[C@@H]1CN(C)CCNc1cc(N2CCC3(CC2)CN(c2cc(F)c(CN4CCC(C)(C)CC4)cc2F)CC(=O)N3)ncn1. The van der Waals surface area contributed by atoms with E-state index in [-0.39, 0.29) is 41.8 Å². The van der Waals surface area contributed by atoms with Crippen LogP contribution >= 0.6 is 0 Å². The summed E-state index contributed by atoms with van der Waals surface area (Å²) in [7, 11) is 2.17. The molecule has 7 heterocycles. The molecule has 3 aromatic rings. The van der Waals surface area contributed by atoms with Gasteiger partial charge in [-0.3, -0.25) is 29.4 Å². The molecule has 69 heavy (non-hydrogen) atoms. The Morgan fingerprint density at radius 3 is 2.45 bits per heavy atom. The Morgan fingerprint density at radius 2 is 1.67 bits per heavy atom. The number of halogens is 2. The first kappa shape index (κ1) is 48.6. The largest absolute Gasteiger partial charge is 0.385 e. The number of imide groups is 1. The Kier molecular flexibility index (Phi) is 14.4. The zero-order chi connectivity index (χ0) is 48.5. The molecular formula is C51H70F2N12O4. The number of amides is 4. The maximum Gasteiger partial charge on any atom is 0.255 e. The van der Waals surface area contributed by atoms with Crippen molar-refractivity contribution in [2.45, 2.75) is 90.4 Å². The van der Waals surface area contributed by atoms with Gasteiger partial charge in [0, 0.05) is 113 Å². The van der Waals surface area contributed by atoms with Crippen LogP contribution in [0.1, 0.15) is 87.2 Å². The Bertz CT molecular complexity index is 2390. The van der Waals surface area contributed by atoms with Crippen LogP contribution in [0.25, 0.3) is 0 Å². The molecule has 9 rings (SSSR count). The highest BCUT2D eigenvalue weighted by molar-refractivity contribution is 6.06. The molecule has 372 valence electrons. The van der Waals surface area contributed by atoms with Gasteiger partial charge in [-0.05, 0) is 101 Å². The number of hydrogen-bond donors (Lipinski definition) is 4. The van der Waals surface area contributed by atoms with Gasteiger partial charge in [-0.15, -0.1) is 0 Å². The minimum absolute atomic E-state index is 0.0169. The number of anilines is 4. The summed E-state index contributed by atoms with van der Waals surface area (Å²) in [6.45, 7) is 17.4. The van der Waals surface area contributed by atoms with Gasteiger partial charge in [0.1, 0.15) is 35.6 Å². The van der Waals surface area contributed by atoms with Crippen LogP contribution in [0.2, 0.25) is 0 Å². The second-order valence-electron chi connectivity index (χ2n) is 21.5. The maximum atomic E-state index is 15.7. The van der Waals surface area contributed by atoms with Gasteiger partial charge < -0.3 is 40.4 Å². The zero-order valence-corrected chi connectivity index (χ0v) is 40.8. The lowest BCUT2D eigenvalue weighted by Crippen LogP contribution is -2.66. The molecule has 5 saturated heterocycles. The van der Waals surface area contributed by atoms with Crippen LogP contribution in [-0.4, -0.2) is 157 Å². The van der Waals surface area contributed by atoms with Crippen molar-refractivity contribution in [3.63, 3.8) is 0 Å². The van der Waals surface area contributed by atoms with E-state index in [0.29, 0.717) is 74.9 Å². The maximum absolute atomic E-state index is 15.7. The van der Waals surface area contributed by atoms with E-state index in [1.807, 2.05) is 24.3 Å². The summed E-state index contributed by atoms with van der Waals surface area (Å²) in [5.41, 5.74) is 2.66. The number of likely N-dealkylation sites (N-methyl/N-ethyl adjacent to an activating group) is 1. The molecule has 4 N–H and O–H groups in total. The highest BCUT2D eigenvalue weighted by atomic mass is 19.1. The first-order chi connectivity index (χ1) is 33.1. The van der Waals surface area contributed by atoms with Crippen molar-refractivity contribution < 1.29 is 28.0 Å². The second kappa shape index (κ2) is 20.5. The monoisotopic (exact) mass is 953 g/mol. The Morgan fingerprint density at radius 1 is 0.870 bits per heavy atom. The smallest absolute Gasteiger partial charge is 0.255 e. The first-order valence-corrected chi connectivity index (χ1v) is 25.1. The summed E-state index contributed by atoms with van der Waals surface area (Å²) in [6.07, 6.45) is 6.46. The molecule has 0 radical (unpaired) electrons. The lowest BCUT2D eigenvalue weighted by Gasteiger charge is -2.48. The Hall–Kier alpha value is -5.46. The Labute approximate surface area is 404 Å². The van der Waals surface area contributed by atoms with Gasteiger partial charge in [-0.1, -0.05) is 26.8 Å². The van der Waals surface area contributed by atoms with Gasteiger partial charge in [-0.25, -0.2) is 18.7 Å². The lowest BCUT2D eigenvalue weighted by atomic mass is 9.82. The summed E-state index contributed by atoms with van der Waals surface area (Å²) >= 11 is 0. The number of aromatic nitrogens is 2. The molecule has 1 aromatic heterocycles. The van der Waals surface area contributed by atoms with Gasteiger partial charge >= 0.3 is 0 Å². The van der Waals surface area contributed by atoms with Gasteiger partial charge in [0.15, 0.2) is 0 Å². The van der Waals surface area contributed by atoms with Crippen molar-refractivity contribution in [2.24, 2.45) is 17.3 Å². The average Bonchev–Trinajstić information content (AvgIpc) is 3.84. The van der Waals surface area contributed by atoms with E-state index in [4.69, 9.17) is 0 Å². The number of piperidine rings is 3. The predicted molar refractivity (Wildman–Crippen MR) is 262 cm³/mol. The van der Waals surface area contributed by atoms with Crippen LogP contribution in [0.5, 0.6) is 0 Å². The summed E-state index contributed by atoms with van der Waals surface area (Å²) in [5, 5.41) is 12.6. The van der Waals surface area contributed by atoms with E-state index in [1.54, 1.807) is 16.1 Å². The van der Waals surface area contributed by atoms with E-state index >= 15 is 8.78 Å². The van der Waals surface area contributed by atoms with Crippen molar-refractivity contribution in [1.82, 2.24) is 40.2 Å². The van der Waals surface area contributed by atoms with E-state index in [9.17, 15) is 19.2 Å². The van der Waals surface area contributed by atoms with Crippen LogP contribution in [0.15, 0.2) is 42.7 Å². The average molecular weight is 953 g/mol. The number of likely N-dealkylation sites (tertiary alicyclic amines) is 2. The van der Waals surface area contributed by atoms with Crippen LogP contribution in [0.3, 0.4) is 0 Å². The van der Waals surface area contributed by atoms with Crippen LogP contribution in [0, 0.1) is 28.9 Å². The fraction of sp³-hybridized carbons (Fsp3) is 0.608. The molecular weight excluding hydrogens is 883 g/mol. The molecule has 1 spiro atoms. The summed E-state index contributed by atoms with van der Waals surface area (Å²) in [4.78, 5) is 72.2. The number of benzene rings is 2. The quantitative estimate of drug-likeness (QED) is 0.117.